The molecule has 0 aliphatic heterocycles. The van der Waals surface area contributed by atoms with Gasteiger partial charge in [-0.25, -0.2) is 4.99 Å². The lowest BCUT2D eigenvalue weighted by Crippen LogP contribution is -2.38. The van der Waals surface area contributed by atoms with Gasteiger partial charge in [-0.2, -0.15) is 11.8 Å². The standard InChI is InChI=1S/C13H22N6S.HI/c1-5-7-14-13(15-8-6-9-20-4)16-10-12-18-17-11(2)19(12)3;/h1H,6-10H2,2-4H3,(H2,14,15,16);1H. The quantitative estimate of drug-likeness (QED) is 0.227. The van der Waals surface area contributed by atoms with E-state index in [1.165, 1.54) is 0 Å². The van der Waals surface area contributed by atoms with Crippen molar-refractivity contribution in [2.75, 3.05) is 25.1 Å². The number of halogens is 1. The van der Waals surface area contributed by atoms with Crippen LogP contribution in [0.1, 0.15) is 18.1 Å². The van der Waals surface area contributed by atoms with Crippen molar-refractivity contribution in [3.8, 4) is 12.3 Å². The van der Waals surface area contributed by atoms with Crippen molar-refractivity contribution in [2.45, 2.75) is 19.9 Å². The fourth-order valence-corrected chi connectivity index (χ4v) is 1.90. The van der Waals surface area contributed by atoms with E-state index in [-0.39, 0.29) is 24.0 Å². The maximum absolute atomic E-state index is 5.26. The molecule has 1 aromatic heterocycles. The summed E-state index contributed by atoms with van der Waals surface area (Å²) in [6.45, 7) is 3.71. The number of hydrogen-bond acceptors (Lipinski definition) is 4. The molecule has 0 aromatic carbocycles. The molecular weight excluding hydrogens is 399 g/mol. The summed E-state index contributed by atoms with van der Waals surface area (Å²) in [5, 5.41) is 14.4. The molecule has 0 saturated carbocycles. The normalized spacial score (nSPS) is 10.7. The van der Waals surface area contributed by atoms with E-state index in [4.69, 9.17) is 6.42 Å². The molecule has 0 amide bonds. The highest BCUT2D eigenvalue weighted by Crippen LogP contribution is 1.99. The lowest BCUT2D eigenvalue weighted by molar-refractivity contribution is 0.755. The van der Waals surface area contributed by atoms with Gasteiger partial charge in [0.25, 0.3) is 0 Å². The van der Waals surface area contributed by atoms with E-state index >= 15 is 0 Å². The van der Waals surface area contributed by atoms with Crippen LogP contribution in [0.25, 0.3) is 0 Å². The van der Waals surface area contributed by atoms with E-state index in [1.807, 2.05) is 30.3 Å². The monoisotopic (exact) mass is 422 g/mol. The first-order chi connectivity index (χ1) is 9.69. The second-order valence-electron chi connectivity index (χ2n) is 4.22. The molecule has 0 saturated heterocycles. The minimum atomic E-state index is 0. The zero-order valence-corrected chi connectivity index (χ0v) is 15.9. The molecule has 0 atom stereocenters. The third kappa shape index (κ3) is 7.57. The summed E-state index contributed by atoms with van der Waals surface area (Å²) in [4.78, 5) is 4.47. The van der Waals surface area contributed by atoms with Crippen LogP contribution >= 0.6 is 35.7 Å². The molecule has 8 heteroatoms. The van der Waals surface area contributed by atoms with Crippen molar-refractivity contribution in [1.82, 2.24) is 25.4 Å². The largest absolute Gasteiger partial charge is 0.356 e. The van der Waals surface area contributed by atoms with Crippen LogP contribution in [-0.4, -0.2) is 45.8 Å². The van der Waals surface area contributed by atoms with Gasteiger partial charge in [-0.3, -0.25) is 0 Å². The summed E-state index contributed by atoms with van der Waals surface area (Å²) in [6, 6.07) is 0. The summed E-state index contributed by atoms with van der Waals surface area (Å²) < 4.78 is 1.93. The lowest BCUT2D eigenvalue weighted by atomic mass is 10.5. The van der Waals surface area contributed by atoms with Crippen LogP contribution in [-0.2, 0) is 13.6 Å². The number of aromatic nitrogens is 3. The summed E-state index contributed by atoms with van der Waals surface area (Å²) in [6.07, 6.45) is 8.45. The zero-order valence-electron chi connectivity index (χ0n) is 12.7. The molecule has 0 bridgehead atoms. The number of hydrogen-bond donors (Lipinski definition) is 2. The van der Waals surface area contributed by atoms with Gasteiger partial charge in [0.05, 0.1) is 6.54 Å². The van der Waals surface area contributed by atoms with Crippen LogP contribution in [0, 0.1) is 19.3 Å². The van der Waals surface area contributed by atoms with Gasteiger partial charge in [-0.15, -0.1) is 40.6 Å². The Labute approximate surface area is 148 Å². The Hall–Kier alpha value is -0.950. The van der Waals surface area contributed by atoms with Crippen molar-refractivity contribution in [2.24, 2.45) is 12.0 Å². The highest BCUT2D eigenvalue weighted by molar-refractivity contribution is 14.0. The van der Waals surface area contributed by atoms with Crippen LogP contribution in [0.5, 0.6) is 0 Å². The smallest absolute Gasteiger partial charge is 0.192 e. The fraction of sp³-hybridized carbons (Fsp3) is 0.615. The molecule has 0 spiro atoms. The first-order valence-electron chi connectivity index (χ1n) is 6.48. The van der Waals surface area contributed by atoms with Crippen LogP contribution < -0.4 is 10.6 Å². The number of guanidine groups is 1. The van der Waals surface area contributed by atoms with Gasteiger partial charge < -0.3 is 15.2 Å². The Bertz CT molecular complexity index is 479. The van der Waals surface area contributed by atoms with Crippen LogP contribution in [0.3, 0.4) is 0 Å². The van der Waals surface area contributed by atoms with Gasteiger partial charge in [0, 0.05) is 13.6 Å². The third-order valence-corrected chi connectivity index (χ3v) is 3.43. The first kappa shape index (κ1) is 20.1. The molecule has 0 aliphatic rings. The van der Waals surface area contributed by atoms with Crippen molar-refractivity contribution in [1.29, 1.82) is 0 Å². The fourth-order valence-electron chi connectivity index (χ4n) is 1.47. The average molecular weight is 422 g/mol. The lowest BCUT2D eigenvalue weighted by Gasteiger charge is -2.10. The number of aryl methyl sites for hydroxylation is 1. The van der Waals surface area contributed by atoms with E-state index in [2.05, 4.69) is 38.0 Å². The third-order valence-electron chi connectivity index (χ3n) is 2.74. The molecule has 2 N–H and O–H groups in total. The molecule has 1 heterocycles. The molecule has 0 radical (unpaired) electrons. The van der Waals surface area contributed by atoms with E-state index in [0.717, 1.165) is 30.4 Å². The topological polar surface area (TPSA) is 67.1 Å². The number of thioether (sulfide) groups is 1. The maximum atomic E-state index is 5.26. The average Bonchev–Trinajstić information content (AvgIpc) is 2.77. The Kier molecular flexibility index (Phi) is 11.2. The van der Waals surface area contributed by atoms with Gasteiger partial charge in [0.1, 0.15) is 12.4 Å². The van der Waals surface area contributed by atoms with Crippen LogP contribution in [0.2, 0.25) is 0 Å². The van der Waals surface area contributed by atoms with Crippen LogP contribution in [0.4, 0.5) is 0 Å². The Balaban J connectivity index is 0.00000400. The SMILES string of the molecule is C#CCNC(=NCc1nnc(C)n1C)NCCCSC.I. The molecule has 0 aliphatic carbocycles. The summed E-state index contributed by atoms with van der Waals surface area (Å²) in [7, 11) is 1.93. The molecule has 1 aromatic rings. The summed E-state index contributed by atoms with van der Waals surface area (Å²) >= 11 is 1.83. The van der Waals surface area contributed by atoms with Gasteiger partial charge in [0.15, 0.2) is 11.8 Å². The number of terminal acetylenes is 1. The van der Waals surface area contributed by atoms with Crippen molar-refractivity contribution in [3.63, 3.8) is 0 Å². The number of rotatable bonds is 7. The number of nitrogens with zero attached hydrogens (tertiary/aromatic N) is 4. The molecule has 0 fully saturated rings. The van der Waals surface area contributed by atoms with Gasteiger partial charge in [-0.1, -0.05) is 5.92 Å². The second-order valence-corrected chi connectivity index (χ2v) is 5.20. The van der Waals surface area contributed by atoms with E-state index in [1.54, 1.807) is 0 Å². The molecule has 21 heavy (non-hydrogen) atoms. The van der Waals surface area contributed by atoms with Crippen molar-refractivity contribution in [3.05, 3.63) is 11.6 Å². The Morgan fingerprint density at radius 1 is 1.43 bits per heavy atom. The van der Waals surface area contributed by atoms with Gasteiger partial charge in [0.2, 0.25) is 0 Å². The zero-order chi connectivity index (χ0) is 14.8. The second kappa shape index (κ2) is 11.7. The van der Waals surface area contributed by atoms with E-state index in [0.29, 0.717) is 19.0 Å². The van der Waals surface area contributed by atoms with Gasteiger partial charge >= 0.3 is 0 Å². The van der Waals surface area contributed by atoms with E-state index in [9.17, 15) is 0 Å². The minimum Gasteiger partial charge on any atom is -0.356 e. The predicted octanol–water partition coefficient (Wildman–Crippen LogP) is 1.16. The predicted molar refractivity (Wildman–Crippen MR) is 100 cm³/mol. The van der Waals surface area contributed by atoms with Crippen molar-refractivity contribution >= 4 is 41.7 Å². The van der Waals surface area contributed by atoms with E-state index < -0.39 is 0 Å². The first-order valence-corrected chi connectivity index (χ1v) is 7.88. The van der Waals surface area contributed by atoms with Gasteiger partial charge in [-0.05, 0) is 25.4 Å². The molecule has 0 unspecified atom stereocenters. The number of nitrogens with one attached hydrogen (secondary N) is 2. The molecule has 6 nitrogen and oxygen atoms in total. The summed E-state index contributed by atoms with van der Waals surface area (Å²) in [5.74, 6) is 6.08. The minimum absolute atomic E-state index is 0. The Morgan fingerprint density at radius 3 is 2.76 bits per heavy atom. The van der Waals surface area contributed by atoms with Crippen LogP contribution in [0.15, 0.2) is 4.99 Å². The highest BCUT2D eigenvalue weighted by atomic mass is 127. The number of aliphatic imine (C=N–C) groups is 1. The Morgan fingerprint density at radius 2 is 2.19 bits per heavy atom. The maximum Gasteiger partial charge on any atom is 0.192 e. The molecular formula is C13H23IN6S. The van der Waals surface area contributed by atoms with Crippen molar-refractivity contribution < 1.29 is 0 Å². The summed E-state index contributed by atoms with van der Waals surface area (Å²) in [5.41, 5.74) is 0. The molecule has 1 rings (SSSR count). The molecule has 118 valence electrons. The highest BCUT2D eigenvalue weighted by Gasteiger charge is 2.04.